The fourth-order valence-corrected chi connectivity index (χ4v) is 3.56. The lowest BCUT2D eigenvalue weighted by molar-refractivity contribution is 0.157. The van der Waals surface area contributed by atoms with Crippen LogP contribution in [-0.4, -0.2) is 25.1 Å². The number of ether oxygens (including phenoxy) is 1. The van der Waals surface area contributed by atoms with E-state index in [1.54, 1.807) is 7.11 Å². The van der Waals surface area contributed by atoms with Crippen molar-refractivity contribution in [3.05, 3.63) is 28.2 Å². The fraction of sp³-hybridized carbons (Fsp3) is 0.647. The molecule has 20 heavy (non-hydrogen) atoms. The minimum absolute atomic E-state index is 0.732. The summed E-state index contributed by atoms with van der Waals surface area (Å²) in [6.07, 6.45) is 6.82. The summed E-state index contributed by atoms with van der Waals surface area (Å²) in [4.78, 5) is 2.51. The van der Waals surface area contributed by atoms with Crippen molar-refractivity contribution in [2.75, 3.05) is 14.2 Å². The van der Waals surface area contributed by atoms with E-state index in [0.29, 0.717) is 0 Å². The molecular formula is C17H26BrNO. The molecule has 0 aliphatic heterocycles. The summed E-state index contributed by atoms with van der Waals surface area (Å²) in [5.74, 6) is 1.90. The van der Waals surface area contributed by atoms with Crippen LogP contribution in [-0.2, 0) is 6.54 Å². The molecule has 0 aromatic heterocycles. The molecule has 0 amide bonds. The van der Waals surface area contributed by atoms with Gasteiger partial charge in [-0.1, -0.05) is 29.3 Å². The Hall–Kier alpha value is -0.540. The quantitative estimate of drug-likeness (QED) is 0.759. The molecule has 0 unspecified atom stereocenters. The lowest BCUT2D eigenvalue weighted by Crippen LogP contribution is -2.34. The van der Waals surface area contributed by atoms with Gasteiger partial charge in [-0.2, -0.15) is 0 Å². The van der Waals surface area contributed by atoms with Gasteiger partial charge in [0.05, 0.1) is 7.11 Å². The third-order valence-corrected chi connectivity index (χ3v) is 5.46. The van der Waals surface area contributed by atoms with Crippen molar-refractivity contribution >= 4 is 15.9 Å². The summed E-state index contributed by atoms with van der Waals surface area (Å²) >= 11 is 3.65. The van der Waals surface area contributed by atoms with Crippen LogP contribution in [0.25, 0.3) is 0 Å². The maximum atomic E-state index is 5.33. The number of rotatable bonds is 5. The normalized spacial score (nSPS) is 23.1. The van der Waals surface area contributed by atoms with E-state index in [9.17, 15) is 0 Å². The summed E-state index contributed by atoms with van der Waals surface area (Å²) < 4.78 is 6.50. The first-order valence-corrected chi connectivity index (χ1v) is 8.46. The number of hydrogen-bond acceptors (Lipinski definition) is 2. The van der Waals surface area contributed by atoms with E-state index in [1.165, 1.54) is 42.1 Å². The Morgan fingerprint density at radius 2 is 1.95 bits per heavy atom. The van der Waals surface area contributed by atoms with Crippen molar-refractivity contribution in [3.8, 4) is 5.75 Å². The molecule has 1 aliphatic carbocycles. The van der Waals surface area contributed by atoms with E-state index in [2.05, 4.69) is 46.9 Å². The molecule has 0 N–H and O–H groups in total. The van der Waals surface area contributed by atoms with Gasteiger partial charge in [0.25, 0.3) is 0 Å². The van der Waals surface area contributed by atoms with Gasteiger partial charge in [0.15, 0.2) is 0 Å². The molecule has 1 fully saturated rings. The lowest BCUT2D eigenvalue weighted by atomic mass is 9.84. The van der Waals surface area contributed by atoms with Crippen LogP contribution in [0.15, 0.2) is 22.7 Å². The predicted octanol–water partition coefficient (Wildman–Crippen LogP) is 4.86. The Balaban J connectivity index is 1.96. The zero-order chi connectivity index (χ0) is 14.5. The smallest absolute Gasteiger partial charge is 0.119 e. The third kappa shape index (κ3) is 3.98. The molecule has 2 rings (SSSR count). The minimum atomic E-state index is 0.732. The highest BCUT2D eigenvalue weighted by Gasteiger charge is 2.23. The van der Waals surface area contributed by atoms with Gasteiger partial charge in [0.2, 0.25) is 0 Å². The zero-order valence-electron chi connectivity index (χ0n) is 12.9. The van der Waals surface area contributed by atoms with Crippen LogP contribution in [0.1, 0.15) is 44.6 Å². The molecule has 0 radical (unpaired) electrons. The fourth-order valence-electron chi connectivity index (χ4n) is 3.19. The number of nitrogens with zero attached hydrogens (tertiary/aromatic N) is 1. The second-order valence-corrected chi connectivity index (χ2v) is 6.81. The van der Waals surface area contributed by atoms with Crippen LogP contribution in [0.5, 0.6) is 5.75 Å². The molecule has 0 spiro atoms. The van der Waals surface area contributed by atoms with Gasteiger partial charge >= 0.3 is 0 Å². The number of benzene rings is 1. The van der Waals surface area contributed by atoms with E-state index in [0.717, 1.165) is 24.3 Å². The highest BCUT2D eigenvalue weighted by Crippen LogP contribution is 2.31. The molecular weight excluding hydrogens is 314 g/mol. The molecule has 2 nitrogen and oxygen atoms in total. The first kappa shape index (κ1) is 15.8. The summed E-state index contributed by atoms with van der Waals surface area (Å²) in [5.41, 5.74) is 1.31. The van der Waals surface area contributed by atoms with Crippen molar-refractivity contribution in [1.29, 1.82) is 0 Å². The Kier molecular flexibility index (Phi) is 5.91. The highest BCUT2D eigenvalue weighted by molar-refractivity contribution is 9.10. The van der Waals surface area contributed by atoms with Crippen LogP contribution in [0.4, 0.5) is 0 Å². The largest absolute Gasteiger partial charge is 0.497 e. The van der Waals surface area contributed by atoms with Gasteiger partial charge in [-0.05, 0) is 62.4 Å². The summed E-state index contributed by atoms with van der Waals surface area (Å²) in [5, 5.41) is 0. The molecule has 0 atom stereocenters. The van der Waals surface area contributed by atoms with Crippen molar-refractivity contribution in [1.82, 2.24) is 4.90 Å². The lowest BCUT2D eigenvalue weighted by Gasteiger charge is -2.34. The number of methoxy groups -OCH3 is 1. The summed E-state index contributed by atoms with van der Waals surface area (Å²) in [6, 6.07) is 6.95. The monoisotopic (exact) mass is 339 g/mol. The molecule has 1 aromatic rings. The molecule has 0 bridgehead atoms. The second-order valence-electron chi connectivity index (χ2n) is 5.96. The van der Waals surface area contributed by atoms with Crippen LogP contribution < -0.4 is 4.74 Å². The maximum absolute atomic E-state index is 5.33. The zero-order valence-corrected chi connectivity index (χ0v) is 14.4. The highest BCUT2D eigenvalue weighted by atomic mass is 79.9. The Morgan fingerprint density at radius 3 is 2.55 bits per heavy atom. The van der Waals surface area contributed by atoms with Gasteiger partial charge in [-0.25, -0.2) is 0 Å². The van der Waals surface area contributed by atoms with Crippen LogP contribution in [0.3, 0.4) is 0 Å². The van der Waals surface area contributed by atoms with Crippen molar-refractivity contribution in [2.24, 2.45) is 5.92 Å². The molecule has 1 saturated carbocycles. The predicted molar refractivity (Wildman–Crippen MR) is 88.2 cm³/mol. The first-order chi connectivity index (χ1) is 9.63. The topological polar surface area (TPSA) is 12.5 Å². The molecule has 0 heterocycles. The Labute approximate surface area is 131 Å². The average molecular weight is 340 g/mol. The van der Waals surface area contributed by atoms with Crippen LogP contribution in [0.2, 0.25) is 0 Å². The van der Waals surface area contributed by atoms with Gasteiger partial charge in [-0.3, -0.25) is 4.90 Å². The molecule has 3 heteroatoms. The van der Waals surface area contributed by atoms with E-state index in [1.807, 2.05) is 6.07 Å². The molecule has 1 aromatic carbocycles. The third-order valence-electron chi connectivity index (χ3n) is 4.69. The summed E-state index contributed by atoms with van der Waals surface area (Å²) in [7, 11) is 3.98. The maximum Gasteiger partial charge on any atom is 0.119 e. The van der Waals surface area contributed by atoms with E-state index < -0.39 is 0 Å². The van der Waals surface area contributed by atoms with Gasteiger partial charge in [-0.15, -0.1) is 0 Å². The second kappa shape index (κ2) is 7.46. The van der Waals surface area contributed by atoms with Crippen LogP contribution >= 0.6 is 15.9 Å². The number of halogens is 1. The Bertz CT molecular complexity index is 427. The van der Waals surface area contributed by atoms with Gasteiger partial charge < -0.3 is 4.74 Å². The van der Waals surface area contributed by atoms with Gasteiger partial charge in [0.1, 0.15) is 5.75 Å². The molecule has 1 aliphatic rings. The standard InChI is InChI=1S/C17H26BrNO/c1-4-13-5-7-15(8-6-13)19(2)12-14-11-16(20-3)9-10-17(14)18/h9-11,13,15H,4-8,12H2,1-3H3. The van der Waals surface area contributed by atoms with E-state index >= 15 is 0 Å². The Morgan fingerprint density at radius 1 is 1.25 bits per heavy atom. The summed E-state index contributed by atoms with van der Waals surface area (Å²) in [6.45, 7) is 3.31. The first-order valence-electron chi connectivity index (χ1n) is 7.66. The SMILES string of the molecule is CCC1CCC(N(C)Cc2cc(OC)ccc2Br)CC1. The molecule has 0 saturated heterocycles. The average Bonchev–Trinajstić information content (AvgIpc) is 2.49. The minimum Gasteiger partial charge on any atom is -0.497 e. The van der Waals surface area contributed by atoms with Gasteiger partial charge in [0, 0.05) is 17.1 Å². The van der Waals surface area contributed by atoms with Crippen molar-refractivity contribution in [2.45, 2.75) is 51.6 Å². The van der Waals surface area contributed by atoms with Crippen molar-refractivity contribution < 1.29 is 4.74 Å². The van der Waals surface area contributed by atoms with E-state index in [4.69, 9.17) is 4.74 Å². The molecule has 112 valence electrons. The van der Waals surface area contributed by atoms with Crippen molar-refractivity contribution in [3.63, 3.8) is 0 Å². The number of hydrogen-bond donors (Lipinski definition) is 0. The van der Waals surface area contributed by atoms with Crippen LogP contribution in [0, 0.1) is 5.92 Å². The van der Waals surface area contributed by atoms with E-state index in [-0.39, 0.29) is 0 Å².